The Morgan fingerprint density at radius 3 is 2.77 bits per heavy atom. The van der Waals surface area contributed by atoms with Gasteiger partial charge in [-0.3, -0.25) is 15.2 Å². The van der Waals surface area contributed by atoms with Crippen molar-refractivity contribution in [3.8, 4) is 6.07 Å². The van der Waals surface area contributed by atoms with Gasteiger partial charge < -0.3 is 9.47 Å². The molecule has 6 rings (SSSR count). The van der Waals surface area contributed by atoms with Crippen molar-refractivity contribution in [1.82, 2.24) is 10.4 Å². The van der Waals surface area contributed by atoms with Gasteiger partial charge in [0.1, 0.15) is 12.4 Å². The summed E-state index contributed by atoms with van der Waals surface area (Å²) < 4.78 is 12.1. The van der Waals surface area contributed by atoms with E-state index in [0.29, 0.717) is 26.2 Å². The summed E-state index contributed by atoms with van der Waals surface area (Å²) in [4.78, 5) is 12.9. The van der Waals surface area contributed by atoms with Gasteiger partial charge in [0, 0.05) is 22.8 Å². The average molecular weight is 524 g/mol. The Hall–Kier alpha value is -3.72. The summed E-state index contributed by atoms with van der Waals surface area (Å²) in [5.74, 6) is 0.869. The van der Waals surface area contributed by atoms with Crippen LogP contribution in [0.4, 0.5) is 0 Å². The van der Waals surface area contributed by atoms with Gasteiger partial charge in [-0.25, -0.2) is 0 Å². The number of hydrogen-bond acceptors (Lipinski definition) is 6. The standard InChI is InChI=1S/C33H37N3O3/c1-3-22-12-8-13-24-29(22)28(39-20-21-10-6-5-7-11-21)19-27-26-18-23-14-15-25(33(37)38-4-2)30(23)31(26)35-36(32(24)27)17-9-16-34/h5-7,10-11,19,24-25,35H,3-4,8-9,12-15,17-18,20H2,1-2H3. The number of ether oxygens (including phenoxy) is 2. The van der Waals surface area contributed by atoms with Gasteiger partial charge in [-0.2, -0.15) is 5.26 Å². The van der Waals surface area contributed by atoms with Gasteiger partial charge in [0.2, 0.25) is 0 Å². The third-order valence-electron chi connectivity index (χ3n) is 8.82. The molecule has 0 saturated heterocycles. The van der Waals surface area contributed by atoms with E-state index in [1.165, 1.54) is 33.6 Å². The quantitative estimate of drug-likeness (QED) is 0.391. The number of allylic oxidation sites excluding steroid dienone is 8. The molecular formula is C33H37N3O3. The number of carbonyl (C=O) groups is 1. The Morgan fingerprint density at radius 2 is 2.00 bits per heavy atom. The summed E-state index contributed by atoms with van der Waals surface area (Å²) >= 11 is 0. The van der Waals surface area contributed by atoms with E-state index in [-0.39, 0.29) is 17.8 Å². The predicted molar refractivity (Wildman–Crippen MR) is 149 cm³/mol. The first-order valence-corrected chi connectivity index (χ1v) is 14.5. The van der Waals surface area contributed by atoms with E-state index in [9.17, 15) is 10.1 Å². The van der Waals surface area contributed by atoms with Crippen molar-refractivity contribution in [2.75, 3.05) is 13.2 Å². The number of benzene rings is 1. The van der Waals surface area contributed by atoms with Crippen LogP contribution in [0.5, 0.6) is 0 Å². The Kier molecular flexibility index (Phi) is 7.08. The molecule has 4 aliphatic carbocycles. The maximum atomic E-state index is 12.9. The highest BCUT2D eigenvalue weighted by atomic mass is 16.5. The van der Waals surface area contributed by atoms with Crippen LogP contribution >= 0.6 is 0 Å². The summed E-state index contributed by atoms with van der Waals surface area (Å²) in [6.07, 6.45) is 9.60. The molecule has 202 valence electrons. The number of carbonyl (C=O) groups excluding carboxylic acids is 1. The smallest absolute Gasteiger partial charge is 0.313 e. The zero-order valence-electron chi connectivity index (χ0n) is 23.0. The topological polar surface area (TPSA) is 74.6 Å². The molecule has 1 N–H and O–H groups in total. The zero-order chi connectivity index (χ0) is 26.9. The van der Waals surface area contributed by atoms with Crippen LogP contribution in [0, 0.1) is 23.2 Å². The first-order chi connectivity index (χ1) is 19.1. The van der Waals surface area contributed by atoms with Crippen LogP contribution in [0.2, 0.25) is 0 Å². The van der Waals surface area contributed by atoms with Crippen LogP contribution in [0.15, 0.2) is 87.0 Å². The molecule has 0 radical (unpaired) electrons. The van der Waals surface area contributed by atoms with Crippen LogP contribution in [0.3, 0.4) is 0 Å². The lowest BCUT2D eigenvalue weighted by atomic mass is 9.73. The van der Waals surface area contributed by atoms with Crippen molar-refractivity contribution in [3.63, 3.8) is 0 Å². The zero-order valence-corrected chi connectivity index (χ0v) is 23.0. The third kappa shape index (κ3) is 4.48. The van der Waals surface area contributed by atoms with E-state index in [1.54, 1.807) is 0 Å². The Labute approximate surface area is 231 Å². The number of fused-ring (bicyclic) bond motifs is 4. The monoisotopic (exact) mass is 523 g/mol. The van der Waals surface area contributed by atoms with Crippen LogP contribution in [0.25, 0.3) is 0 Å². The molecule has 0 fully saturated rings. The molecule has 1 aliphatic heterocycles. The lowest BCUT2D eigenvalue weighted by Gasteiger charge is -2.44. The highest BCUT2D eigenvalue weighted by Crippen LogP contribution is 2.54. The fraction of sp³-hybridized carbons (Fsp3) is 0.455. The lowest BCUT2D eigenvalue weighted by Crippen LogP contribution is -2.46. The maximum absolute atomic E-state index is 12.9. The molecule has 0 bridgehead atoms. The molecule has 1 aromatic carbocycles. The number of hydrazine groups is 1. The Bertz CT molecular complexity index is 1370. The van der Waals surface area contributed by atoms with Crippen molar-refractivity contribution < 1.29 is 14.3 Å². The van der Waals surface area contributed by atoms with E-state index in [0.717, 1.165) is 67.5 Å². The number of nitrogens with one attached hydrogen (secondary N) is 1. The number of nitrogens with zero attached hydrogens (tertiary/aromatic N) is 2. The molecule has 6 nitrogen and oxygen atoms in total. The predicted octanol–water partition coefficient (Wildman–Crippen LogP) is 6.52. The summed E-state index contributed by atoms with van der Waals surface area (Å²) in [5.41, 5.74) is 15.0. The SMILES string of the molecule is CCOC(=O)C1CCC2=C1C1=C(C2)C2=C(C3CCCC(CC)=C3C(OCc3ccccc3)=C2)N(CCC#N)N1. The van der Waals surface area contributed by atoms with Crippen molar-refractivity contribution in [2.24, 2.45) is 11.8 Å². The number of nitriles is 1. The summed E-state index contributed by atoms with van der Waals surface area (Å²) in [5, 5.41) is 11.7. The highest BCUT2D eigenvalue weighted by Gasteiger charge is 2.46. The van der Waals surface area contributed by atoms with Crippen molar-refractivity contribution in [2.45, 2.75) is 71.8 Å². The number of hydrogen-bond donors (Lipinski definition) is 1. The van der Waals surface area contributed by atoms with E-state index >= 15 is 0 Å². The van der Waals surface area contributed by atoms with Crippen molar-refractivity contribution in [1.29, 1.82) is 5.26 Å². The Balaban J connectivity index is 1.45. The minimum Gasteiger partial charge on any atom is -0.489 e. The van der Waals surface area contributed by atoms with Gasteiger partial charge in [-0.15, -0.1) is 0 Å². The largest absolute Gasteiger partial charge is 0.489 e. The first-order valence-electron chi connectivity index (χ1n) is 14.5. The van der Waals surface area contributed by atoms with Crippen LogP contribution < -0.4 is 5.43 Å². The molecule has 39 heavy (non-hydrogen) atoms. The molecule has 0 amide bonds. The normalized spacial score (nSPS) is 23.5. The second-order valence-corrected chi connectivity index (χ2v) is 11.0. The van der Waals surface area contributed by atoms with Crippen LogP contribution in [-0.4, -0.2) is 24.1 Å². The molecule has 2 atom stereocenters. The molecular weight excluding hydrogens is 486 g/mol. The molecule has 6 heteroatoms. The fourth-order valence-electron chi connectivity index (χ4n) is 7.14. The maximum Gasteiger partial charge on any atom is 0.313 e. The number of esters is 1. The van der Waals surface area contributed by atoms with E-state index in [1.807, 2.05) is 13.0 Å². The van der Waals surface area contributed by atoms with Gasteiger partial charge in [-0.1, -0.05) is 48.4 Å². The van der Waals surface area contributed by atoms with E-state index in [4.69, 9.17) is 9.47 Å². The molecule has 5 aliphatic rings. The molecule has 1 aromatic rings. The minimum absolute atomic E-state index is 0.127. The van der Waals surface area contributed by atoms with Gasteiger partial charge in [0.25, 0.3) is 0 Å². The third-order valence-corrected chi connectivity index (χ3v) is 8.82. The molecule has 0 aromatic heterocycles. The molecule has 0 spiro atoms. The molecule has 0 saturated carbocycles. The minimum atomic E-state index is -0.224. The summed E-state index contributed by atoms with van der Waals surface area (Å²) in [6, 6.07) is 12.7. The van der Waals surface area contributed by atoms with E-state index in [2.05, 4.69) is 53.8 Å². The van der Waals surface area contributed by atoms with Crippen LogP contribution in [-0.2, 0) is 20.9 Å². The summed E-state index contributed by atoms with van der Waals surface area (Å²) in [7, 11) is 0. The van der Waals surface area contributed by atoms with Crippen molar-refractivity contribution in [3.05, 3.63) is 92.6 Å². The average Bonchev–Trinajstić information content (AvgIpc) is 3.55. The van der Waals surface area contributed by atoms with Gasteiger partial charge in [0.05, 0.1) is 37.3 Å². The second kappa shape index (κ2) is 10.8. The van der Waals surface area contributed by atoms with E-state index < -0.39 is 0 Å². The lowest BCUT2D eigenvalue weighted by molar-refractivity contribution is -0.146. The van der Waals surface area contributed by atoms with Crippen LogP contribution in [0.1, 0.15) is 70.8 Å². The molecule has 1 heterocycles. The number of rotatable bonds is 8. The van der Waals surface area contributed by atoms with Gasteiger partial charge in [-0.05, 0) is 74.7 Å². The van der Waals surface area contributed by atoms with Gasteiger partial charge in [0.15, 0.2) is 0 Å². The summed E-state index contributed by atoms with van der Waals surface area (Å²) in [6.45, 7) is 5.63. The van der Waals surface area contributed by atoms with Crippen molar-refractivity contribution >= 4 is 5.97 Å². The molecule has 2 unspecified atom stereocenters. The van der Waals surface area contributed by atoms with Gasteiger partial charge >= 0.3 is 5.97 Å². The first kappa shape index (κ1) is 25.6. The second-order valence-electron chi connectivity index (χ2n) is 11.0. The Morgan fingerprint density at radius 1 is 1.15 bits per heavy atom. The highest BCUT2D eigenvalue weighted by molar-refractivity contribution is 5.81. The fourth-order valence-corrected chi connectivity index (χ4v) is 7.14.